The molecule has 1 aromatic rings. The average Bonchev–Trinajstić information content (AvgIpc) is 2.54. The van der Waals surface area contributed by atoms with Crippen molar-refractivity contribution < 1.29 is 14.6 Å². The van der Waals surface area contributed by atoms with Crippen LogP contribution in [0.5, 0.6) is 5.75 Å². The molecule has 0 amide bonds. The van der Waals surface area contributed by atoms with Gasteiger partial charge in [-0.15, -0.1) is 6.42 Å². The van der Waals surface area contributed by atoms with Gasteiger partial charge in [-0.2, -0.15) is 0 Å². The molecule has 0 fully saturated rings. The van der Waals surface area contributed by atoms with Gasteiger partial charge in [0, 0.05) is 5.56 Å². The lowest BCUT2D eigenvalue weighted by Crippen LogP contribution is -2.24. The highest BCUT2D eigenvalue weighted by molar-refractivity contribution is 5.43. The number of aliphatic hydroxyl groups is 1. The zero-order valence-electron chi connectivity index (χ0n) is 12.6. The zero-order valence-corrected chi connectivity index (χ0v) is 12.6. The Kier molecular flexibility index (Phi) is 5.83. The Balaban J connectivity index is 3.19. The van der Waals surface area contributed by atoms with Crippen LogP contribution in [0.15, 0.2) is 60.4 Å². The van der Waals surface area contributed by atoms with Crippen molar-refractivity contribution in [3.63, 3.8) is 0 Å². The number of hydrogen-bond donors (Lipinski definition) is 1. The number of ether oxygens (including phenoxy) is 2. The largest absolute Gasteiger partial charge is 0.497 e. The molecule has 1 unspecified atom stereocenters. The first kappa shape index (κ1) is 16.6. The lowest BCUT2D eigenvalue weighted by atomic mass is 9.87. The summed E-state index contributed by atoms with van der Waals surface area (Å²) in [6.45, 7) is 5.39. The third kappa shape index (κ3) is 3.77. The Hall–Kier alpha value is -2.44. The highest BCUT2D eigenvalue weighted by Crippen LogP contribution is 2.30. The smallest absolute Gasteiger partial charge is 0.172 e. The van der Waals surface area contributed by atoms with Crippen LogP contribution in [-0.2, 0) is 10.3 Å². The highest BCUT2D eigenvalue weighted by atomic mass is 16.5. The molecular formula is C18H20O3. The third-order valence-corrected chi connectivity index (χ3v) is 3.22. The molecule has 0 saturated carbocycles. The van der Waals surface area contributed by atoms with Crippen LogP contribution < -0.4 is 4.74 Å². The van der Waals surface area contributed by atoms with Crippen molar-refractivity contribution >= 4 is 0 Å². The maximum absolute atomic E-state index is 10.7. The van der Waals surface area contributed by atoms with E-state index in [1.807, 2.05) is 0 Å². The predicted octanol–water partition coefficient (Wildman–Crippen LogP) is 3.18. The van der Waals surface area contributed by atoms with Gasteiger partial charge in [0.2, 0.25) is 0 Å². The van der Waals surface area contributed by atoms with E-state index in [1.165, 1.54) is 0 Å². The van der Waals surface area contributed by atoms with E-state index in [-0.39, 0.29) is 0 Å². The van der Waals surface area contributed by atoms with E-state index in [1.54, 1.807) is 63.6 Å². The second-order valence-electron chi connectivity index (χ2n) is 4.41. The van der Waals surface area contributed by atoms with Gasteiger partial charge in [-0.25, -0.2) is 0 Å². The van der Waals surface area contributed by atoms with Crippen molar-refractivity contribution in [1.82, 2.24) is 0 Å². The first-order valence-electron chi connectivity index (χ1n) is 6.42. The van der Waals surface area contributed by atoms with E-state index in [0.717, 1.165) is 0 Å². The molecule has 0 aliphatic heterocycles. The normalized spacial score (nSPS) is 14.8. The SMILES string of the molecule is C#CC(O)(/C(C)=C/C=C(\C=C)OC)c1ccc(OC)cc1. The molecule has 0 aromatic heterocycles. The Morgan fingerprint density at radius 2 is 1.90 bits per heavy atom. The minimum atomic E-state index is -1.48. The van der Waals surface area contributed by atoms with Crippen molar-refractivity contribution in [2.75, 3.05) is 14.2 Å². The van der Waals surface area contributed by atoms with E-state index >= 15 is 0 Å². The predicted molar refractivity (Wildman–Crippen MR) is 84.8 cm³/mol. The van der Waals surface area contributed by atoms with Gasteiger partial charge in [-0.3, -0.25) is 0 Å². The van der Waals surface area contributed by atoms with Crippen LogP contribution in [0.4, 0.5) is 0 Å². The number of terminal acetylenes is 1. The minimum absolute atomic E-state index is 0.587. The van der Waals surface area contributed by atoms with Crippen LogP contribution in [0.3, 0.4) is 0 Å². The number of benzene rings is 1. The van der Waals surface area contributed by atoms with Crippen LogP contribution in [-0.4, -0.2) is 19.3 Å². The number of rotatable bonds is 6. The van der Waals surface area contributed by atoms with Gasteiger partial charge in [-0.1, -0.05) is 30.7 Å². The molecule has 110 valence electrons. The first-order valence-corrected chi connectivity index (χ1v) is 6.42. The quantitative estimate of drug-likeness (QED) is 0.495. The van der Waals surface area contributed by atoms with Gasteiger partial charge < -0.3 is 14.6 Å². The molecule has 0 aliphatic rings. The monoisotopic (exact) mass is 284 g/mol. The summed E-state index contributed by atoms with van der Waals surface area (Å²) in [4.78, 5) is 0. The van der Waals surface area contributed by atoms with Crippen LogP contribution >= 0.6 is 0 Å². The summed E-state index contributed by atoms with van der Waals surface area (Å²) in [5.41, 5.74) is -0.278. The molecule has 1 N–H and O–H groups in total. The molecule has 0 radical (unpaired) electrons. The van der Waals surface area contributed by atoms with Crippen LogP contribution in [0.1, 0.15) is 12.5 Å². The van der Waals surface area contributed by atoms with Crippen molar-refractivity contribution in [3.8, 4) is 18.1 Å². The summed E-state index contributed by atoms with van der Waals surface area (Å²) in [7, 11) is 3.13. The Bertz CT molecular complexity index is 588. The van der Waals surface area contributed by atoms with Crippen LogP contribution in [0.25, 0.3) is 0 Å². The van der Waals surface area contributed by atoms with Gasteiger partial charge in [-0.05, 0) is 36.8 Å². The number of hydrogen-bond acceptors (Lipinski definition) is 3. The molecule has 1 rings (SSSR count). The van der Waals surface area contributed by atoms with E-state index in [0.29, 0.717) is 22.6 Å². The number of allylic oxidation sites excluding steroid dienone is 3. The topological polar surface area (TPSA) is 38.7 Å². The fourth-order valence-electron chi connectivity index (χ4n) is 1.80. The van der Waals surface area contributed by atoms with E-state index in [2.05, 4.69) is 12.5 Å². The summed E-state index contributed by atoms with van der Waals surface area (Å²) < 4.78 is 10.2. The molecule has 0 spiro atoms. The van der Waals surface area contributed by atoms with Gasteiger partial charge in [0.05, 0.1) is 14.2 Å². The lowest BCUT2D eigenvalue weighted by molar-refractivity contribution is 0.140. The zero-order chi connectivity index (χ0) is 15.9. The van der Waals surface area contributed by atoms with E-state index in [9.17, 15) is 5.11 Å². The van der Waals surface area contributed by atoms with Gasteiger partial charge in [0.25, 0.3) is 0 Å². The van der Waals surface area contributed by atoms with Gasteiger partial charge >= 0.3 is 0 Å². The van der Waals surface area contributed by atoms with Crippen molar-refractivity contribution in [2.24, 2.45) is 0 Å². The highest BCUT2D eigenvalue weighted by Gasteiger charge is 2.28. The maximum Gasteiger partial charge on any atom is 0.172 e. The Morgan fingerprint density at radius 1 is 1.29 bits per heavy atom. The lowest BCUT2D eigenvalue weighted by Gasteiger charge is -2.24. The molecule has 0 bridgehead atoms. The van der Waals surface area contributed by atoms with E-state index in [4.69, 9.17) is 15.9 Å². The molecule has 0 saturated heterocycles. The molecule has 3 heteroatoms. The molecule has 0 heterocycles. The van der Waals surface area contributed by atoms with Crippen molar-refractivity contribution in [3.05, 3.63) is 66.0 Å². The Labute approximate surface area is 126 Å². The summed E-state index contributed by atoms with van der Waals surface area (Å²) >= 11 is 0. The second kappa shape index (κ2) is 7.37. The summed E-state index contributed by atoms with van der Waals surface area (Å²) in [6.07, 6.45) is 10.5. The fourth-order valence-corrected chi connectivity index (χ4v) is 1.80. The van der Waals surface area contributed by atoms with E-state index < -0.39 is 5.60 Å². The molecule has 3 nitrogen and oxygen atoms in total. The molecule has 21 heavy (non-hydrogen) atoms. The van der Waals surface area contributed by atoms with Crippen LogP contribution in [0, 0.1) is 12.3 Å². The van der Waals surface area contributed by atoms with Crippen LogP contribution in [0.2, 0.25) is 0 Å². The first-order chi connectivity index (χ1) is 10.0. The van der Waals surface area contributed by atoms with Gasteiger partial charge in [0.15, 0.2) is 5.60 Å². The second-order valence-corrected chi connectivity index (χ2v) is 4.41. The molecule has 1 aromatic carbocycles. The third-order valence-electron chi connectivity index (χ3n) is 3.22. The molecule has 0 aliphatic carbocycles. The summed E-state index contributed by atoms with van der Waals surface area (Å²) in [6, 6.07) is 6.99. The average molecular weight is 284 g/mol. The summed E-state index contributed by atoms with van der Waals surface area (Å²) in [5, 5.41) is 10.7. The number of methoxy groups -OCH3 is 2. The maximum atomic E-state index is 10.7. The summed E-state index contributed by atoms with van der Waals surface area (Å²) in [5.74, 6) is 3.73. The fraction of sp³-hybridized carbons (Fsp3) is 0.222. The molecular weight excluding hydrogens is 264 g/mol. The van der Waals surface area contributed by atoms with Crippen molar-refractivity contribution in [2.45, 2.75) is 12.5 Å². The standard InChI is InChI=1S/C18H20O3/c1-6-16(20-4)11-8-14(3)18(19,7-2)15-9-12-17(21-5)13-10-15/h2,6,8-13,19H,1H2,3-5H3/b14-8+,16-11+. The van der Waals surface area contributed by atoms with Gasteiger partial charge in [0.1, 0.15) is 11.5 Å². The Morgan fingerprint density at radius 3 is 2.33 bits per heavy atom. The van der Waals surface area contributed by atoms with Crippen molar-refractivity contribution in [1.29, 1.82) is 0 Å². The minimum Gasteiger partial charge on any atom is -0.497 e. The molecule has 1 atom stereocenters.